The van der Waals surface area contributed by atoms with E-state index in [1.165, 1.54) is 5.56 Å². The zero-order valence-corrected chi connectivity index (χ0v) is 12.0. The normalized spacial score (nSPS) is 14.9. The molecule has 0 aliphatic carbocycles. The predicted molar refractivity (Wildman–Crippen MR) is 78.1 cm³/mol. The van der Waals surface area contributed by atoms with E-state index in [9.17, 15) is 5.11 Å². The van der Waals surface area contributed by atoms with Gasteiger partial charge in [-0.2, -0.15) is 11.8 Å². The molecule has 2 rings (SSSR count). The minimum absolute atomic E-state index is 0.517. The molecule has 2 unspecified atom stereocenters. The number of furan rings is 1. The third-order valence-electron chi connectivity index (χ3n) is 3.13. The molecule has 1 N–H and O–H groups in total. The first-order valence-electron chi connectivity index (χ1n) is 6.40. The molecule has 0 fully saturated rings. The van der Waals surface area contributed by atoms with Crippen LogP contribution in [0, 0.1) is 6.92 Å². The molecule has 2 aromatic rings. The molecule has 0 saturated carbocycles. The molecule has 1 aromatic carbocycles. The van der Waals surface area contributed by atoms with Gasteiger partial charge in [-0.3, -0.25) is 0 Å². The summed E-state index contributed by atoms with van der Waals surface area (Å²) in [7, 11) is 0. The van der Waals surface area contributed by atoms with Crippen LogP contribution in [0.1, 0.15) is 37.7 Å². The van der Waals surface area contributed by atoms with Crippen molar-refractivity contribution in [3.63, 3.8) is 0 Å². The van der Waals surface area contributed by atoms with Gasteiger partial charge in [0.2, 0.25) is 0 Å². The molecule has 0 bridgehead atoms. The molecule has 98 valence electrons. The van der Waals surface area contributed by atoms with E-state index in [2.05, 4.69) is 26.8 Å². The van der Waals surface area contributed by atoms with Crippen LogP contribution in [0.2, 0.25) is 0 Å². The lowest BCUT2D eigenvalue weighted by molar-refractivity contribution is 0.176. The quantitative estimate of drug-likeness (QED) is 0.873. The predicted octanol–water partition coefficient (Wildman–Crippen LogP) is 4.31. The van der Waals surface area contributed by atoms with Crippen LogP contribution in [0.25, 0.3) is 11.0 Å². The number of thioether (sulfide) groups is 1. The Kier molecular flexibility index (Phi) is 4.36. The van der Waals surface area contributed by atoms with E-state index in [0.717, 1.165) is 17.4 Å². The van der Waals surface area contributed by atoms with E-state index in [4.69, 9.17) is 4.42 Å². The Morgan fingerprint density at radius 2 is 2.11 bits per heavy atom. The van der Waals surface area contributed by atoms with Crippen molar-refractivity contribution in [2.45, 2.75) is 38.5 Å². The summed E-state index contributed by atoms with van der Waals surface area (Å²) in [4.78, 5) is 0. The Labute approximate surface area is 112 Å². The maximum absolute atomic E-state index is 10.1. The summed E-state index contributed by atoms with van der Waals surface area (Å²) < 4.78 is 5.69. The topological polar surface area (TPSA) is 33.4 Å². The Morgan fingerprint density at radius 1 is 1.33 bits per heavy atom. The van der Waals surface area contributed by atoms with Gasteiger partial charge in [-0.15, -0.1) is 0 Å². The molecule has 2 nitrogen and oxygen atoms in total. The number of hydrogen-bond acceptors (Lipinski definition) is 3. The van der Waals surface area contributed by atoms with Gasteiger partial charge in [0.15, 0.2) is 0 Å². The van der Waals surface area contributed by atoms with Crippen LogP contribution in [0.15, 0.2) is 28.7 Å². The van der Waals surface area contributed by atoms with E-state index in [1.807, 2.05) is 18.2 Å². The van der Waals surface area contributed by atoms with E-state index < -0.39 is 6.10 Å². The lowest BCUT2D eigenvalue weighted by atomic mass is 10.2. The zero-order chi connectivity index (χ0) is 13.1. The maximum atomic E-state index is 10.1. The van der Waals surface area contributed by atoms with Gasteiger partial charge in [-0.1, -0.05) is 25.5 Å². The third-order valence-corrected chi connectivity index (χ3v) is 4.54. The van der Waals surface area contributed by atoms with Gasteiger partial charge in [-0.05, 0) is 31.5 Å². The third kappa shape index (κ3) is 3.09. The number of rotatable bonds is 5. The van der Waals surface area contributed by atoms with Crippen molar-refractivity contribution < 1.29 is 9.52 Å². The first-order valence-corrected chi connectivity index (χ1v) is 7.44. The number of aryl methyl sites for hydroxylation is 1. The Morgan fingerprint density at radius 3 is 2.83 bits per heavy atom. The molecule has 0 saturated heterocycles. The molecule has 1 heterocycles. The number of hydrogen-bond donors (Lipinski definition) is 1. The lowest BCUT2D eigenvalue weighted by Crippen LogP contribution is -2.03. The molecule has 0 aliphatic rings. The van der Waals surface area contributed by atoms with Gasteiger partial charge < -0.3 is 9.52 Å². The summed E-state index contributed by atoms with van der Waals surface area (Å²) in [5, 5.41) is 11.8. The van der Waals surface area contributed by atoms with Crippen LogP contribution in [-0.2, 0) is 0 Å². The second-order valence-electron chi connectivity index (χ2n) is 4.76. The summed E-state index contributed by atoms with van der Waals surface area (Å²) in [5.41, 5.74) is 2.06. The lowest BCUT2D eigenvalue weighted by Gasteiger charge is -2.11. The SMILES string of the molecule is CCC(C)SCC(O)c1cc2cc(C)ccc2o1. The highest BCUT2D eigenvalue weighted by atomic mass is 32.2. The molecule has 1 aromatic heterocycles. The van der Waals surface area contributed by atoms with Crippen LogP contribution in [0.5, 0.6) is 0 Å². The van der Waals surface area contributed by atoms with Crippen LogP contribution < -0.4 is 0 Å². The molecule has 0 amide bonds. The summed E-state index contributed by atoms with van der Waals surface area (Å²) in [6, 6.07) is 8.01. The van der Waals surface area contributed by atoms with Gasteiger partial charge in [0, 0.05) is 16.4 Å². The molecule has 18 heavy (non-hydrogen) atoms. The smallest absolute Gasteiger partial charge is 0.134 e. The van der Waals surface area contributed by atoms with Gasteiger partial charge >= 0.3 is 0 Å². The number of aliphatic hydroxyl groups excluding tert-OH is 1. The van der Waals surface area contributed by atoms with Crippen molar-refractivity contribution in [1.82, 2.24) is 0 Å². The molecule has 3 heteroatoms. The molecule has 0 aliphatic heterocycles. The minimum Gasteiger partial charge on any atom is -0.458 e. The van der Waals surface area contributed by atoms with Crippen LogP contribution >= 0.6 is 11.8 Å². The summed E-state index contributed by atoms with van der Waals surface area (Å²) in [6.45, 7) is 6.40. The average Bonchev–Trinajstić information content (AvgIpc) is 2.78. The second-order valence-corrected chi connectivity index (χ2v) is 6.23. The minimum atomic E-state index is -0.517. The van der Waals surface area contributed by atoms with Gasteiger partial charge in [0.05, 0.1) is 0 Å². The molecule has 0 spiro atoms. The zero-order valence-electron chi connectivity index (χ0n) is 11.1. The van der Waals surface area contributed by atoms with E-state index in [0.29, 0.717) is 16.8 Å². The summed E-state index contributed by atoms with van der Waals surface area (Å²) in [5.74, 6) is 1.36. The first kappa shape index (κ1) is 13.5. The Hall–Kier alpha value is -0.930. The maximum Gasteiger partial charge on any atom is 0.134 e. The van der Waals surface area contributed by atoms with Crippen molar-refractivity contribution in [3.8, 4) is 0 Å². The van der Waals surface area contributed by atoms with Crippen molar-refractivity contribution >= 4 is 22.7 Å². The van der Waals surface area contributed by atoms with Gasteiger partial charge in [-0.25, -0.2) is 0 Å². The van der Waals surface area contributed by atoms with Crippen molar-refractivity contribution in [2.75, 3.05) is 5.75 Å². The first-order chi connectivity index (χ1) is 8.60. The highest BCUT2D eigenvalue weighted by Crippen LogP contribution is 2.28. The van der Waals surface area contributed by atoms with Crippen molar-refractivity contribution in [1.29, 1.82) is 0 Å². The van der Waals surface area contributed by atoms with E-state index in [1.54, 1.807) is 11.8 Å². The molecular formula is C15H20O2S. The monoisotopic (exact) mass is 264 g/mol. The van der Waals surface area contributed by atoms with Crippen LogP contribution in [-0.4, -0.2) is 16.1 Å². The average molecular weight is 264 g/mol. The summed E-state index contributed by atoms with van der Waals surface area (Å²) in [6.07, 6.45) is 0.605. The van der Waals surface area contributed by atoms with E-state index >= 15 is 0 Å². The van der Waals surface area contributed by atoms with E-state index in [-0.39, 0.29) is 0 Å². The highest BCUT2D eigenvalue weighted by molar-refractivity contribution is 7.99. The fourth-order valence-corrected chi connectivity index (χ4v) is 2.71. The van der Waals surface area contributed by atoms with Crippen molar-refractivity contribution in [2.24, 2.45) is 0 Å². The fraction of sp³-hybridized carbons (Fsp3) is 0.467. The Bertz CT molecular complexity index is 518. The second kappa shape index (κ2) is 5.81. The standard InChI is InChI=1S/C15H20O2S/c1-4-11(3)18-9-13(16)15-8-12-7-10(2)5-6-14(12)17-15/h5-8,11,13,16H,4,9H2,1-3H3. The number of fused-ring (bicyclic) bond motifs is 1. The molecular weight excluding hydrogens is 244 g/mol. The van der Waals surface area contributed by atoms with Crippen molar-refractivity contribution in [3.05, 3.63) is 35.6 Å². The number of aliphatic hydroxyl groups is 1. The highest BCUT2D eigenvalue weighted by Gasteiger charge is 2.14. The molecule has 0 radical (unpaired) electrons. The molecule has 2 atom stereocenters. The van der Waals surface area contributed by atoms with Gasteiger partial charge in [0.25, 0.3) is 0 Å². The number of benzene rings is 1. The Balaban J connectivity index is 2.10. The van der Waals surface area contributed by atoms with Crippen LogP contribution in [0.4, 0.5) is 0 Å². The van der Waals surface area contributed by atoms with Crippen LogP contribution in [0.3, 0.4) is 0 Å². The summed E-state index contributed by atoms with van der Waals surface area (Å²) >= 11 is 1.78. The largest absolute Gasteiger partial charge is 0.458 e. The van der Waals surface area contributed by atoms with Gasteiger partial charge in [0.1, 0.15) is 17.4 Å². The fourth-order valence-electron chi connectivity index (χ4n) is 1.80.